The third-order valence-electron chi connectivity index (χ3n) is 3.80. The van der Waals surface area contributed by atoms with E-state index in [1.807, 2.05) is 0 Å². The van der Waals surface area contributed by atoms with E-state index in [0.29, 0.717) is 0 Å². The van der Waals surface area contributed by atoms with E-state index >= 15 is 0 Å². The molecule has 132 valence electrons. The van der Waals surface area contributed by atoms with E-state index in [1.54, 1.807) is 0 Å². The van der Waals surface area contributed by atoms with Crippen LogP contribution in [0.15, 0.2) is 17.3 Å². The van der Waals surface area contributed by atoms with E-state index in [1.165, 1.54) is 12.1 Å². The molecule has 24 heavy (non-hydrogen) atoms. The van der Waals surface area contributed by atoms with E-state index < -0.39 is 41.0 Å². The molecule has 2 aromatic rings. The molecule has 3 rings (SSSR count). The normalized spacial score (nSPS) is 27.9. The molecule has 0 amide bonds. The third kappa shape index (κ3) is 2.80. The van der Waals surface area contributed by atoms with Crippen LogP contribution in [0.25, 0.3) is 11.0 Å². The molecule has 1 aromatic heterocycles. The third-order valence-corrected chi connectivity index (χ3v) is 5.48. The summed E-state index contributed by atoms with van der Waals surface area (Å²) in [5, 5.41) is 29.3. The molecular formula is C13H14Cl2N2O6S. The summed E-state index contributed by atoms with van der Waals surface area (Å²) in [6.45, 7) is -0.540. The van der Waals surface area contributed by atoms with E-state index in [0.717, 1.165) is 10.8 Å². The SMILES string of the molecule is CS(=O)(=O)c1nc2cc(Cl)c(Cl)cc2n1[C@@H]1O[C@H](CO)[C@@H](O)[C@H]1O. The number of ether oxygens (including phenoxy) is 1. The Hall–Kier alpha value is -0.940. The molecule has 8 nitrogen and oxygen atoms in total. The zero-order valence-corrected chi connectivity index (χ0v) is 14.6. The first-order chi connectivity index (χ1) is 11.1. The lowest BCUT2D eigenvalue weighted by Gasteiger charge is -2.19. The van der Waals surface area contributed by atoms with Crippen molar-refractivity contribution >= 4 is 44.1 Å². The average Bonchev–Trinajstić information content (AvgIpc) is 2.98. The Bertz CT molecular complexity index is 899. The first-order valence-electron chi connectivity index (χ1n) is 6.84. The highest BCUT2D eigenvalue weighted by Crippen LogP contribution is 2.36. The summed E-state index contributed by atoms with van der Waals surface area (Å²) in [4.78, 5) is 4.04. The van der Waals surface area contributed by atoms with Crippen LogP contribution in [-0.4, -0.2) is 64.5 Å². The van der Waals surface area contributed by atoms with Crippen molar-refractivity contribution in [3.63, 3.8) is 0 Å². The fourth-order valence-corrected chi connectivity index (χ4v) is 3.81. The maximum absolute atomic E-state index is 12.1. The second-order valence-corrected chi connectivity index (χ2v) is 8.24. The Morgan fingerprint density at radius 3 is 2.42 bits per heavy atom. The molecule has 0 spiro atoms. The van der Waals surface area contributed by atoms with Gasteiger partial charge in [0.15, 0.2) is 6.23 Å². The molecule has 1 saturated heterocycles. The topological polar surface area (TPSA) is 122 Å². The Kier molecular flexibility index (Phi) is 4.54. The molecule has 0 radical (unpaired) electrons. The molecule has 1 aliphatic rings. The van der Waals surface area contributed by atoms with Gasteiger partial charge in [0.25, 0.3) is 0 Å². The number of aromatic nitrogens is 2. The van der Waals surface area contributed by atoms with Crippen LogP contribution in [0.4, 0.5) is 0 Å². The first-order valence-corrected chi connectivity index (χ1v) is 9.49. The summed E-state index contributed by atoms with van der Waals surface area (Å²) in [6.07, 6.45) is -4.21. The molecule has 1 aliphatic heterocycles. The average molecular weight is 397 g/mol. The Labute approximate surface area is 147 Å². The number of aliphatic hydroxyl groups is 3. The van der Waals surface area contributed by atoms with Gasteiger partial charge in [-0.1, -0.05) is 23.2 Å². The maximum Gasteiger partial charge on any atom is 0.230 e. The van der Waals surface area contributed by atoms with Crippen molar-refractivity contribution in [1.82, 2.24) is 9.55 Å². The van der Waals surface area contributed by atoms with Gasteiger partial charge < -0.3 is 20.1 Å². The van der Waals surface area contributed by atoms with Crippen molar-refractivity contribution in [2.24, 2.45) is 0 Å². The van der Waals surface area contributed by atoms with Crippen LogP contribution in [0.2, 0.25) is 10.0 Å². The molecule has 0 aliphatic carbocycles. The lowest BCUT2D eigenvalue weighted by atomic mass is 10.1. The number of hydrogen-bond donors (Lipinski definition) is 3. The molecule has 3 N–H and O–H groups in total. The first kappa shape index (κ1) is 17.9. The summed E-state index contributed by atoms with van der Waals surface area (Å²) >= 11 is 11.9. The second-order valence-electron chi connectivity index (χ2n) is 5.52. The van der Waals surface area contributed by atoms with Crippen LogP contribution in [-0.2, 0) is 14.6 Å². The van der Waals surface area contributed by atoms with Crippen LogP contribution in [0, 0.1) is 0 Å². The molecule has 2 heterocycles. The number of aliphatic hydroxyl groups excluding tert-OH is 3. The fraction of sp³-hybridized carbons (Fsp3) is 0.462. The molecular weight excluding hydrogens is 383 g/mol. The molecule has 0 saturated carbocycles. The van der Waals surface area contributed by atoms with Gasteiger partial charge >= 0.3 is 0 Å². The highest BCUT2D eigenvalue weighted by molar-refractivity contribution is 7.90. The van der Waals surface area contributed by atoms with Gasteiger partial charge in [0.05, 0.1) is 27.7 Å². The minimum Gasteiger partial charge on any atom is -0.394 e. The van der Waals surface area contributed by atoms with Gasteiger partial charge in [-0.15, -0.1) is 0 Å². The van der Waals surface area contributed by atoms with Crippen molar-refractivity contribution in [1.29, 1.82) is 0 Å². The summed E-state index contributed by atoms with van der Waals surface area (Å²) in [6, 6.07) is 2.79. The van der Waals surface area contributed by atoms with Crippen LogP contribution in [0.3, 0.4) is 0 Å². The van der Waals surface area contributed by atoms with Gasteiger partial charge in [0.1, 0.15) is 18.3 Å². The van der Waals surface area contributed by atoms with E-state index in [4.69, 9.17) is 27.9 Å². The van der Waals surface area contributed by atoms with Crippen LogP contribution >= 0.6 is 23.2 Å². The standard InChI is InChI=1S/C13H14Cl2N2O6S/c1-24(21,22)13-16-7-2-5(14)6(15)3-8(7)17(13)12-11(20)10(19)9(4-18)23-12/h2-3,9-12,18-20H,4H2,1H3/t9-,10-,11-,12-/m1/s1. The van der Waals surface area contributed by atoms with Gasteiger partial charge in [-0.05, 0) is 12.1 Å². The van der Waals surface area contributed by atoms with Gasteiger partial charge in [0, 0.05) is 6.26 Å². The van der Waals surface area contributed by atoms with Crippen LogP contribution in [0.5, 0.6) is 0 Å². The smallest absolute Gasteiger partial charge is 0.230 e. The molecule has 1 fully saturated rings. The largest absolute Gasteiger partial charge is 0.394 e. The Balaban J connectivity index is 2.28. The lowest BCUT2D eigenvalue weighted by molar-refractivity contribution is -0.0548. The van der Waals surface area contributed by atoms with Crippen molar-refractivity contribution < 1.29 is 28.5 Å². The molecule has 1 aromatic carbocycles. The highest BCUT2D eigenvalue weighted by atomic mass is 35.5. The van der Waals surface area contributed by atoms with Gasteiger partial charge in [-0.25, -0.2) is 13.4 Å². The predicted octanol–water partition coefficient (Wildman–Crippen LogP) is 0.358. The second kappa shape index (κ2) is 6.10. The quantitative estimate of drug-likeness (QED) is 0.684. The molecule has 0 bridgehead atoms. The fourth-order valence-electron chi connectivity index (χ4n) is 2.67. The van der Waals surface area contributed by atoms with E-state index in [-0.39, 0.29) is 26.2 Å². The van der Waals surface area contributed by atoms with Crippen molar-refractivity contribution in [2.45, 2.75) is 29.7 Å². The number of hydrogen-bond acceptors (Lipinski definition) is 7. The summed E-state index contributed by atoms with van der Waals surface area (Å²) in [5.74, 6) is 0. The number of fused-ring (bicyclic) bond motifs is 1. The van der Waals surface area contributed by atoms with Gasteiger partial charge in [-0.2, -0.15) is 0 Å². The molecule has 0 unspecified atom stereocenters. The summed E-state index contributed by atoms with van der Waals surface area (Å²) < 4.78 is 30.7. The van der Waals surface area contributed by atoms with Crippen molar-refractivity contribution in [3.8, 4) is 0 Å². The monoisotopic (exact) mass is 396 g/mol. The number of rotatable bonds is 3. The number of sulfone groups is 1. The van der Waals surface area contributed by atoms with Gasteiger partial charge in [-0.3, -0.25) is 4.57 Å². The summed E-state index contributed by atoms with van der Waals surface area (Å²) in [7, 11) is -3.79. The minimum atomic E-state index is -3.79. The minimum absolute atomic E-state index is 0.164. The predicted molar refractivity (Wildman–Crippen MR) is 85.9 cm³/mol. The van der Waals surface area contributed by atoms with E-state index in [2.05, 4.69) is 4.98 Å². The van der Waals surface area contributed by atoms with Crippen LogP contribution < -0.4 is 0 Å². The number of imidazole rings is 1. The number of halogens is 2. The maximum atomic E-state index is 12.1. The number of benzene rings is 1. The van der Waals surface area contributed by atoms with Crippen LogP contribution in [0.1, 0.15) is 6.23 Å². The lowest BCUT2D eigenvalue weighted by Crippen LogP contribution is -2.33. The Morgan fingerprint density at radius 2 is 1.88 bits per heavy atom. The molecule has 4 atom stereocenters. The van der Waals surface area contributed by atoms with Gasteiger partial charge in [0.2, 0.25) is 15.0 Å². The van der Waals surface area contributed by atoms with E-state index in [9.17, 15) is 23.7 Å². The van der Waals surface area contributed by atoms with Crippen molar-refractivity contribution in [3.05, 3.63) is 22.2 Å². The number of nitrogens with zero attached hydrogens (tertiary/aromatic N) is 2. The molecule has 11 heteroatoms. The Morgan fingerprint density at radius 1 is 1.25 bits per heavy atom. The summed E-state index contributed by atoms with van der Waals surface area (Å²) in [5.41, 5.74) is 0.502. The van der Waals surface area contributed by atoms with Crippen molar-refractivity contribution in [2.75, 3.05) is 12.9 Å². The zero-order chi connectivity index (χ0) is 17.8. The zero-order valence-electron chi connectivity index (χ0n) is 12.3. The highest BCUT2D eigenvalue weighted by Gasteiger charge is 2.45.